The van der Waals surface area contributed by atoms with Gasteiger partial charge in [0.15, 0.2) is 0 Å². The number of hydrogen-bond acceptors (Lipinski definition) is 2. The van der Waals surface area contributed by atoms with Crippen LogP contribution < -0.4 is 5.32 Å². The lowest BCUT2D eigenvalue weighted by Gasteiger charge is -2.41. The van der Waals surface area contributed by atoms with Crippen LogP contribution in [0.5, 0.6) is 0 Å². The van der Waals surface area contributed by atoms with Gasteiger partial charge in [-0.2, -0.15) is 0 Å². The number of piperidine rings is 2. The topological polar surface area (TPSA) is 15.3 Å². The zero-order chi connectivity index (χ0) is 11.5. The van der Waals surface area contributed by atoms with E-state index in [1.165, 1.54) is 44.5 Å². The summed E-state index contributed by atoms with van der Waals surface area (Å²) in [5, 5.41) is 3.68. The maximum Gasteiger partial charge on any atom is 0.0233 e. The van der Waals surface area contributed by atoms with Gasteiger partial charge in [-0.1, -0.05) is 30.3 Å². The van der Waals surface area contributed by atoms with Crippen molar-refractivity contribution in [3.05, 3.63) is 35.9 Å². The van der Waals surface area contributed by atoms with Crippen molar-refractivity contribution in [1.29, 1.82) is 0 Å². The van der Waals surface area contributed by atoms with Gasteiger partial charge in [-0.25, -0.2) is 0 Å². The fourth-order valence-electron chi connectivity index (χ4n) is 3.31. The Bertz CT molecular complexity index is 349. The van der Waals surface area contributed by atoms with E-state index >= 15 is 0 Å². The van der Waals surface area contributed by atoms with Gasteiger partial charge in [0, 0.05) is 19.1 Å². The van der Waals surface area contributed by atoms with E-state index in [1.807, 2.05) is 0 Å². The molecule has 0 aliphatic carbocycles. The van der Waals surface area contributed by atoms with E-state index in [2.05, 4.69) is 40.5 Å². The highest BCUT2D eigenvalue weighted by molar-refractivity contribution is 5.14. The van der Waals surface area contributed by atoms with Crippen LogP contribution in [0.15, 0.2) is 30.3 Å². The molecule has 1 aromatic carbocycles. The Morgan fingerprint density at radius 2 is 2.06 bits per heavy atom. The van der Waals surface area contributed by atoms with Crippen molar-refractivity contribution in [3.8, 4) is 0 Å². The predicted molar refractivity (Wildman–Crippen MR) is 70.9 cm³/mol. The molecule has 1 aromatic rings. The fraction of sp³-hybridized carbons (Fsp3) is 0.600. The molecule has 0 aromatic heterocycles. The van der Waals surface area contributed by atoms with Crippen LogP contribution in [0.3, 0.4) is 0 Å². The molecule has 0 spiro atoms. The lowest BCUT2D eigenvalue weighted by molar-refractivity contribution is 0.109. The highest BCUT2D eigenvalue weighted by atomic mass is 15.2. The molecule has 17 heavy (non-hydrogen) atoms. The molecule has 2 aliphatic heterocycles. The maximum absolute atomic E-state index is 3.68. The molecule has 92 valence electrons. The van der Waals surface area contributed by atoms with Crippen LogP contribution in [-0.4, -0.2) is 30.6 Å². The monoisotopic (exact) mass is 230 g/mol. The summed E-state index contributed by atoms with van der Waals surface area (Å²) in [6.45, 7) is 4.90. The summed E-state index contributed by atoms with van der Waals surface area (Å²) >= 11 is 0. The maximum atomic E-state index is 3.68. The summed E-state index contributed by atoms with van der Waals surface area (Å²) in [7, 11) is 0. The third-order valence-electron chi connectivity index (χ3n) is 4.23. The van der Waals surface area contributed by atoms with Gasteiger partial charge in [-0.05, 0) is 43.8 Å². The Kier molecular flexibility index (Phi) is 3.44. The average molecular weight is 230 g/mol. The molecule has 2 heterocycles. The van der Waals surface area contributed by atoms with Gasteiger partial charge in [-0.15, -0.1) is 0 Å². The van der Waals surface area contributed by atoms with E-state index in [-0.39, 0.29) is 0 Å². The Labute approximate surface area is 104 Å². The molecule has 0 bridgehead atoms. The average Bonchev–Trinajstić information content (AvgIpc) is 2.40. The Balaban J connectivity index is 1.59. The third-order valence-corrected chi connectivity index (χ3v) is 4.23. The highest BCUT2D eigenvalue weighted by Gasteiger charge is 2.30. The molecule has 2 aliphatic rings. The number of benzene rings is 1. The van der Waals surface area contributed by atoms with Gasteiger partial charge in [0.05, 0.1) is 0 Å². The van der Waals surface area contributed by atoms with Crippen molar-refractivity contribution in [2.24, 2.45) is 5.92 Å². The molecule has 0 radical (unpaired) electrons. The molecule has 2 saturated heterocycles. The van der Waals surface area contributed by atoms with Crippen LogP contribution in [-0.2, 0) is 6.54 Å². The number of likely N-dealkylation sites (tertiary alicyclic amines) is 1. The van der Waals surface area contributed by atoms with Crippen LogP contribution in [0.1, 0.15) is 24.8 Å². The first-order chi connectivity index (χ1) is 8.42. The largest absolute Gasteiger partial charge is 0.314 e. The van der Waals surface area contributed by atoms with E-state index in [9.17, 15) is 0 Å². The van der Waals surface area contributed by atoms with Crippen molar-refractivity contribution in [2.45, 2.75) is 31.8 Å². The fourth-order valence-corrected chi connectivity index (χ4v) is 3.31. The lowest BCUT2D eigenvalue weighted by atomic mass is 9.85. The van der Waals surface area contributed by atoms with Crippen molar-refractivity contribution < 1.29 is 0 Å². The molecule has 2 unspecified atom stereocenters. The second-order valence-corrected chi connectivity index (χ2v) is 5.47. The first kappa shape index (κ1) is 11.2. The molecule has 2 nitrogen and oxygen atoms in total. The first-order valence-electron chi connectivity index (χ1n) is 6.91. The minimum absolute atomic E-state index is 0.802. The smallest absolute Gasteiger partial charge is 0.0233 e. The van der Waals surface area contributed by atoms with Crippen LogP contribution in [0.4, 0.5) is 0 Å². The number of hydrogen-bond donors (Lipinski definition) is 1. The van der Waals surface area contributed by atoms with Gasteiger partial charge in [0.1, 0.15) is 0 Å². The van der Waals surface area contributed by atoms with E-state index < -0.39 is 0 Å². The second kappa shape index (κ2) is 5.19. The van der Waals surface area contributed by atoms with Crippen LogP contribution in [0.25, 0.3) is 0 Å². The molecule has 2 fully saturated rings. The van der Waals surface area contributed by atoms with Crippen molar-refractivity contribution in [2.75, 3.05) is 19.6 Å². The molecule has 0 amide bonds. The van der Waals surface area contributed by atoms with Crippen LogP contribution in [0.2, 0.25) is 0 Å². The quantitative estimate of drug-likeness (QED) is 0.838. The molecular weight excluding hydrogens is 208 g/mol. The number of fused-ring (bicyclic) bond motifs is 1. The minimum Gasteiger partial charge on any atom is -0.314 e. The second-order valence-electron chi connectivity index (χ2n) is 5.47. The van der Waals surface area contributed by atoms with Crippen molar-refractivity contribution in [1.82, 2.24) is 10.2 Å². The molecule has 3 rings (SSSR count). The lowest BCUT2D eigenvalue weighted by Crippen LogP contribution is -2.51. The zero-order valence-electron chi connectivity index (χ0n) is 10.4. The number of rotatable bonds is 2. The Hall–Kier alpha value is -0.860. The van der Waals surface area contributed by atoms with Crippen molar-refractivity contribution in [3.63, 3.8) is 0 Å². The van der Waals surface area contributed by atoms with Gasteiger partial charge in [0.25, 0.3) is 0 Å². The summed E-state index contributed by atoms with van der Waals surface area (Å²) in [5.74, 6) is 0.890. The zero-order valence-corrected chi connectivity index (χ0v) is 10.4. The standard InChI is InChI=1S/C15H22N2/c1-2-5-13(6-3-1)11-17-10-8-15-14(12-17)7-4-9-16-15/h1-3,5-6,14-16H,4,7-12H2. The summed E-state index contributed by atoms with van der Waals surface area (Å²) < 4.78 is 0. The molecular formula is C15H22N2. The Morgan fingerprint density at radius 1 is 1.18 bits per heavy atom. The van der Waals surface area contributed by atoms with Gasteiger partial charge < -0.3 is 5.32 Å². The van der Waals surface area contributed by atoms with Gasteiger partial charge in [0.2, 0.25) is 0 Å². The summed E-state index contributed by atoms with van der Waals surface area (Å²) in [4.78, 5) is 2.63. The molecule has 2 atom stereocenters. The Morgan fingerprint density at radius 3 is 2.94 bits per heavy atom. The molecule has 0 saturated carbocycles. The molecule has 2 heteroatoms. The highest BCUT2D eigenvalue weighted by Crippen LogP contribution is 2.25. The van der Waals surface area contributed by atoms with E-state index in [0.717, 1.165) is 18.5 Å². The SMILES string of the molecule is c1ccc(CN2CCC3NCCCC3C2)cc1. The molecule has 1 N–H and O–H groups in total. The van der Waals surface area contributed by atoms with E-state index in [1.54, 1.807) is 0 Å². The number of nitrogens with one attached hydrogen (secondary N) is 1. The predicted octanol–water partition coefficient (Wildman–Crippen LogP) is 2.26. The third kappa shape index (κ3) is 2.70. The first-order valence-corrected chi connectivity index (χ1v) is 6.91. The summed E-state index contributed by atoms with van der Waals surface area (Å²) in [6.07, 6.45) is 4.11. The van der Waals surface area contributed by atoms with Gasteiger partial charge in [-0.3, -0.25) is 4.90 Å². The van der Waals surface area contributed by atoms with Crippen LogP contribution >= 0.6 is 0 Å². The van der Waals surface area contributed by atoms with E-state index in [0.29, 0.717) is 0 Å². The minimum atomic E-state index is 0.802. The normalized spacial score (nSPS) is 29.9. The summed E-state index contributed by atoms with van der Waals surface area (Å²) in [5.41, 5.74) is 1.45. The number of nitrogens with zero attached hydrogens (tertiary/aromatic N) is 1. The van der Waals surface area contributed by atoms with E-state index in [4.69, 9.17) is 0 Å². The van der Waals surface area contributed by atoms with Gasteiger partial charge >= 0.3 is 0 Å². The van der Waals surface area contributed by atoms with Crippen molar-refractivity contribution >= 4 is 0 Å². The summed E-state index contributed by atoms with van der Waals surface area (Å²) in [6, 6.07) is 11.7. The van der Waals surface area contributed by atoms with Crippen LogP contribution in [0, 0.1) is 5.92 Å².